The molecule has 1 aromatic carbocycles. The van der Waals surface area contributed by atoms with Crippen LogP contribution in [-0.4, -0.2) is 35.2 Å². The van der Waals surface area contributed by atoms with E-state index >= 15 is 0 Å². The summed E-state index contributed by atoms with van der Waals surface area (Å²) in [5.41, 5.74) is 2.79. The second-order valence-electron chi connectivity index (χ2n) is 6.34. The summed E-state index contributed by atoms with van der Waals surface area (Å²) in [4.78, 5) is 15.9. The summed E-state index contributed by atoms with van der Waals surface area (Å²) in [7, 11) is 0. The second kappa shape index (κ2) is 6.72. The highest BCUT2D eigenvalue weighted by Crippen LogP contribution is 2.27. The maximum atomic E-state index is 12.5. The van der Waals surface area contributed by atoms with Gasteiger partial charge in [-0.15, -0.1) is 11.3 Å². The summed E-state index contributed by atoms with van der Waals surface area (Å²) in [6.07, 6.45) is 0.929. The van der Waals surface area contributed by atoms with Crippen LogP contribution in [0.3, 0.4) is 0 Å². The van der Waals surface area contributed by atoms with Crippen molar-refractivity contribution in [3.05, 3.63) is 59.0 Å². The number of amides is 1. The van der Waals surface area contributed by atoms with E-state index in [2.05, 4.69) is 37.9 Å². The van der Waals surface area contributed by atoms with Gasteiger partial charge >= 0.3 is 0 Å². The van der Waals surface area contributed by atoms with Crippen molar-refractivity contribution in [2.45, 2.75) is 19.4 Å². The zero-order chi connectivity index (χ0) is 17.2. The van der Waals surface area contributed by atoms with Crippen LogP contribution < -0.4 is 10.2 Å². The molecule has 25 heavy (non-hydrogen) atoms. The maximum absolute atomic E-state index is 12.5. The summed E-state index contributed by atoms with van der Waals surface area (Å²) < 4.78 is 0. The molecule has 4 rings (SSSR count). The Balaban J connectivity index is 1.40. The third-order valence-electron chi connectivity index (χ3n) is 4.59. The van der Waals surface area contributed by atoms with Gasteiger partial charge < -0.3 is 10.2 Å². The lowest BCUT2D eigenvalue weighted by molar-refractivity contribution is 0.0940. The molecule has 0 spiro atoms. The molecule has 1 saturated heterocycles. The number of nitrogens with zero attached hydrogens (tertiary/aromatic N) is 2. The lowest BCUT2D eigenvalue weighted by Gasteiger charge is -2.16. The smallest absolute Gasteiger partial charge is 0.251 e. The van der Waals surface area contributed by atoms with Gasteiger partial charge in [0.1, 0.15) is 0 Å². The fraction of sp³-hybridized carbons (Fsp3) is 0.263. The molecule has 0 aliphatic carbocycles. The van der Waals surface area contributed by atoms with E-state index in [1.165, 1.54) is 4.88 Å². The van der Waals surface area contributed by atoms with Crippen LogP contribution in [0.1, 0.15) is 22.3 Å². The van der Waals surface area contributed by atoms with E-state index in [1.807, 2.05) is 37.3 Å². The molecule has 6 heteroatoms. The van der Waals surface area contributed by atoms with Crippen molar-refractivity contribution in [2.24, 2.45) is 0 Å². The van der Waals surface area contributed by atoms with Crippen LogP contribution in [-0.2, 0) is 0 Å². The number of aromatic amines is 1. The van der Waals surface area contributed by atoms with Gasteiger partial charge in [0.2, 0.25) is 0 Å². The topological polar surface area (TPSA) is 61.0 Å². The maximum Gasteiger partial charge on any atom is 0.251 e. The van der Waals surface area contributed by atoms with E-state index in [-0.39, 0.29) is 11.9 Å². The first kappa shape index (κ1) is 15.9. The first-order valence-corrected chi connectivity index (χ1v) is 9.29. The largest absolute Gasteiger partial charge is 0.353 e. The Morgan fingerprint density at radius 2 is 2.20 bits per heavy atom. The van der Waals surface area contributed by atoms with Crippen LogP contribution in [0.5, 0.6) is 0 Å². The van der Waals surface area contributed by atoms with Crippen LogP contribution in [0, 0.1) is 6.92 Å². The number of carbonyl (C=O) groups excluding carboxylic acids is 1. The van der Waals surface area contributed by atoms with E-state index in [1.54, 1.807) is 11.3 Å². The molecular weight excluding hydrogens is 332 g/mol. The number of aryl methyl sites for hydroxylation is 1. The number of benzene rings is 1. The van der Waals surface area contributed by atoms with Crippen molar-refractivity contribution in [1.29, 1.82) is 0 Å². The van der Waals surface area contributed by atoms with Crippen molar-refractivity contribution >= 4 is 23.1 Å². The zero-order valence-corrected chi connectivity index (χ0v) is 14.8. The Hall–Kier alpha value is -2.60. The predicted octanol–water partition coefficient (Wildman–Crippen LogP) is 3.46. The summed E-state index contributed by atoms with van der Waals surface area (Å²) in [5, 5.41) is 12.8. The normalized spacial score (nSPS) is 17.0. The lowest BCUT2D eigenvalue weighted by Crippen LogP contribution is -2.37. The average molecular weight is 352 g/mol. The van der Waals surface area contributed by atoms with E-state index in [9.17, 15) is 4.79 Å². The average Bonchev–Trinajstić information content (AvgIpc) is 3.35. The fourth-order valence-electron chi connectivity index (χ4n) is 3.21. The number of H-pyrrole nitrogens is 1. The number of aromatic nitrogens is 2. The molecule has 2 aromatic heterocycles. The molecule has 1 fully saturated rings. The third kappa shape index (κ3) is 3.30. The SMILES string of the molecule is Cc1ccccc1C(=O)N[C@H]1CCN(c2cc(-c3cccs3)[nH]n2)C1. The molecule has 2 N–H and O–H groups in total. The van der Waals surface area contributed by atoms with Crippen LogP contribution >= 0.6 is 11.3 Å². The number of anilines is 1. The number of nitrogens with one attached hydrogen (secondary N) is 2. The molecule has 1 aliphatic rings. The Kier molecular flexibility index (Phi) is 4.28. The molecule has 1 atom stereocenters. The van der Waals surface area contributed by atoms with Gasteiger partial charge in [0.05, 0.1) is 10.6 Å². The van der Waals surface area contributed by atoms with Gasteiger partial charge in [0.15, 0.2) is 5.82 Å². The molecule has 5 nitrogen and oxygen atoms in total. The minimum Gasteiger partial charge on any atom is -0.353 e. The molecule has 1 amide bonds. The van der Waals surface area contributed by atoms with Gasteiger partial charge in [-0.3, -0.25) is 9.89 Å². The quantitative estimate of drug-likeness (QED) is 0.756. The van der Waals surface area contributed by atoms with E-state index < -0.39 is 0 Å². The van der Waals surface area contributed by atoms with E-state index in [4.69, 9.17) is 0 Å². The molecule has 0 radical (unpaired) electrons. The Morgan fingerprint density at radius 1 is 1.32 bits per heavy atom. The van der Waals surface area contributed by atoms with Crippen LogP contribution in [0.25, 0.3) is 10.6 Å². The third-order valence-corrected chi connectivity index (χ3v) is 5.49. The molecule has 0 bridgehead atoms. The summed E-state index contributed by atoms with van der Waals surface area (Å²) >= 11 is 1.69. The van der Waals surface area contributed by atoms with Gasteiger partial charge in [-0.2, -0.15) is 5.10 Å². The number of rotatable bonds is 4. The van der Waals surface area contributed by atoms with Crippen molar-refractivity contribution in [3.8, 4) is 10.6 Å². The second-order valence-corrected chi connectivity index (χ2v) is 7.28. The fourth-order valence-corrected chi connectivity index (χ4v) is 3.90. The van der Waals surface area contributed by atoms with Crippen molar-refractivity contribution in [2.75, 3.05) is 18.0 Å². The van der Waals surface area contributed by atoms with Gasteiger partial charge in [0, 0.05) is 30.8 Å². The Bertz CT molecular complexity index is 871. The minimum atomic E-state index is 0.00579. The standard InChI is InChI=1S/C19H20N4OS/c1-13-5-2-3-6-15(13)19(24)20-14-8-9-23(12-14)18-11-16(21-22-18)17-7-4-10-25-17/h2-7,10-11,14H,8-9,12H2,1H3,(H,20,24)(H,21,22)/t14-/m0/s1. The number of thiophene rings is 1. The van der Waals surface area contributed by atoms with Crippen LogP contribution in [0.2, 0.25) is 0 Å². The van der Waals surface area contributed by atoms with Crippen LogP contribution in [0.4, 0.5) is 5.82 Å². The monoisotopic (exact) mass is 352 g/mol. The van der Waals surface area contributed by atoms with Crippen molar-refractivity contribution in [1.82, 2.24) is 15.5 Å². The van der Waals surface area contributed by atoms with Crippen LogP contribution in [0.15, 0.2) is 47.8 Å². The lowest BCUT2D eigenvalue weighted by atomic mass is 10.1. The molecular formula is C19H20N4OS. The summed E-state index contributed by atoms with van der Waals surface area (Å²) in [6.45, 7) is 3.64. The zero-order valence-electron chi connectivity index (χ0n) is 14.0. The number of carbonyl (C=O) groups is 1. The van der Waals surface area contributed by atoms with E-state index in [0.717, 1.165) is 42.1 Å². The first-order chi connectivity index (χ1) is 12.2. The van der Waals surface area contributed by atoms with Crippen molar-refractivity contribution in [3.63, 3.8) is 0 Å². The molecule has 3 aromatic rings. The first-order valence-electron chi connectivity index (χ1n) is 8.41. The van der Waals surface area contributed by atoms with Gasteiger partial charge in [-0.25, -0.2) is 0 Å². The summed E-state index contributed by atoms with van der Waals surface area (Å²) in [5.74, 6) is 0.947. The predicted molar refractivity (Wildman–Crippen MR) is 101 cm³/mol. The van der Waals surface area contributed by atoms with Gasteiger partial charge in [-0.1, -0.05) is 24.3 Å². The number of hydrogen-bond acceptors (Lipinski definition) is 4. The van der Waals surface area contributed by atoms with Crippen molar-refractivity contribution < 1.29 is 4.79 Å². The Labute approximate surface area is 150 Å². The van der Waals surface area contributed by atoms with E-state index in [0.29, 0.717) is 0 Å². The molecule has 0 unspecified atom stereocenters. The molecule has 1 aliphatic heterocycles. The minimum absolute atomic E-state index is 0.00579. The molecule has 0 saturated carbocycles. The number of hydrogen-bond donors (Lipinski definition) is 2. The highest BCUT2D eigenvalue weighted by Gasteiger charge is 2.26. The van der Waals surface area contributed by atoms with Gasteiger partial charge in [-0.05, 0) is 36.4 Å². The Morgan fingerprint density at radius 3 is 3.00 bits per heavy atom. The molecule has 3 heterocycles. The highest BCUT2D eigenvalue weighted by molar-refractivity contribution is 7.13. The molecule has 128 valence electrons. The van der Waals surface area contributed by atoms with Gasteiger partial charge in [0.25, 0.3) is 5.91 Å². The summed E-state index contributed by atoms with van der Waals surface area (Å²) in [6, 6.07) is 14.0. The highest BCUT2D eigenvalue weighted by atomic mass is 32.1.